The van der Waals surface area contributed by atoms with Crippen LogP contribution in [0.1, 0.15) is 11.1 Å². The maximum Gasteiger partial charge on any atom is 0.0712 e. The summed E-state index contributed by atoms with van der Waals surface area (Å²) in [6.07, 6.45) is 4.76. The van der Waals surface area contributed by atoms with E-state index in [0.717, 1.165) is 6.54 Å². The Hall–Kier alpha value is -4.82. The van der Waals surface area contributed by atoms with Crippen LogP contribution in [0, 0.1) is 0 Å². The van der Waals surface area contributed by atoms with Crippen molar-refractivity contribution in [3.63, 3.8) is 0 Å². The monoisotopic (exact) mass is 472 g/mol. The number of para-hydroxylation sites is 2. The van der Waals surface area contributed by atoms with Gasteiger partial charge in [-0.15, -0.1) is 0 Å². The van der Waals surface area contributed by atoms with Gasteiger partial charge >= 0.3 is 0 Å². The van der Waals surface area contributed by atoms with E-state index in [-0.39, 0.29) is 0 Å². The SMILES string of the molecule is C1=C2C(=CN(n3c4ccccc4c4ccccc43)C1)c1ccccc1-c1ccccc1-c1ccccc12. The fraction of sp³-hybridized carbons (Fsp3) is 0.0286. The molecule has 6 aromatic rings. The highest BCUT2D eigenvalue weighted by Gasteiger charge is 2.26. The van der Waals surface area contributed by atoms with Gasteiger partial charge in [-0.25, -0.2) is 0 Å². The zero-order valence-corrected chi connectivity index (χ0v) is 20.3. The lowest BCUT2D eigenvalue weighted by Gasteiger charge is -2.32. The minimum absolute atomic E-state index is 0.791. The van der Waals surface area contributed by atoms with Gasteiger partial charge in [-0.2, -0.15) is 0 Å². The third kappa shape index (κ3) is 2.93. The van der Waals surface area contributed by atoms with Crippen molar-refractivity contribution in [3.05, 3.63) is 145 Å². The molecule has 0 fully saturated rings. The van der Waals surface area contributed by atoms with E-state index in [1.807, 2.05) is 0 Å². The number of rotatable bonds is 1. The van der Waals surface area contributed by atoms with Crippen molar-refractivity contribution in [2.75, 3.05) is 11.6 Å². The number of hydrogen-bond donors (Lipinski definition) is 0. The molecule has 0 saturated heterocycles. The lowest BCUT2D eigenvalue weighted by Crippen LogP contribution is -2.31. The molecule has 8 rings (SSSR count). The Balaban J connectivity index is 1.43. The van der Waals surface area contributed by atoms with Crippen molar-refractivity contribution < 1.29 is 0 Å². The number of aromatic nitrogens is 1. The second kappa shape index (κ2) is 7.84. The van der Waals surface area contributed by atoms with Gasteiger partial charge in [0, 0.05) is 22.5 Å². The second-order valence-electron chi connectivity index (χ2n) is 9.77. The number of nitrogens with zero attached hydrogens (tertiary/aromatic N) is 2. The quantitative estimate of drug-likeness (QED) is 0.233. The Labute approximate surface area is 216 Å². The maximum atomic E-state index is 2.41. The molecule has 1 aliphatic heterocycles. The highest BCUT2D eigenvalue weighted by atomic mass is 15.5. The van der Waals surface area contributed by atoms with Crippen LogP contribution in [0.5, 0.6) is 0 Å². The molecule has 1 aromatic heterocycles. The lowest BCUT2D eigenvalue weighted by molar-refractivity contribution is 0.779. The zero-order chi connectivity index (χ0) is 24.3. The molecule has 0 N–H and O–H groups in total. The third-order valence-corrected chi connectivity index (χ3v) is 7.80. The van der Waals surface area contributed by atoms with Crippen molar-refractivity contribution >= 4 is 33.0 Å². The molecule has 2 nitrogen and oxygen atoms in total. The normalized spacial score (nSPS) is 14.1. The molecule has 174 valence electrons. The Morgan fingerprint density at radius 2 is 0.811 bits per heavy atom. The Morgan fingerprint density at radius 1 is 0.405 bits per heavy atom. The van der Waals surface area contributed by atoms with Crippen molar-refractivity contribution in [2.24, 2.45) is 0 Å². The number of fused-ring (bicyclic) bond motifs is 11. The van der Waals surface area contributed by atoms with E-state index >= 15 is 0 Å². The van der Waals surface area contributed by atoms with Crippen LogP contribution in [-0.4, -0.2) is 11.2 Å². The maximum absolute atomic E-state index is 2.41. The van der Waals surface area contributed by atoms with E-state index in [2.05, 4.69) is 143 Å². The summed E-state index contributed by atoms with van der Waals surface area (Å²) >= 11 is 0. The minimum Gasteiger partial charge on any atom is -0.284 e. The summed E-state index contributed by atoms with van der Waals surface area (Å²) in [5, 5.41) is 4.93. The molecule has 0 atom stereocenters. The predicted octanol–water partition coefficient (Wildman–Crippen LogP) is 8.52. The van der Waals surface area contributed by atoms with E-state index in [4.69, 9.17) is 0 Å². The molecule has 37 heavy (non-hydrogen) atoms. The van der Waals surface area contributed by atoms with Gasteiger partial charge in [0.15, 0.2) is 0 Å². The van der Waals surface area contributed by atoms with Crippen molar-refractivity contribution in [2.45, 2.75) is 0 Å². The molecule has 0 unspecified atom stereocenters. The first-order chi connectivity index (χ1) is 18.4. The fourth-order valence-electron chi connectivity index (χ4n) is 6.21. The number of allylic oxidation sites excluding steroid dienone is 2. The average molecular weight is 473 g/mol. The number of hydrogen-bond acceptors (Lipinski definition) is 1. The van der Waals surface area contributed by atoms with Crippen LogP contribution >= 0.6 is 0 Å². The van der Waals surface area contributed by atoms with Crippen molar-refractivity contribution in [3.8, 4) is 22.3 Å². The van der Waals surface area contributed by atoms with E-state index < -0.39 is 0 Å². The molecule has 0 bridgehead atoms. The number of benzene rings is 5. The Morgan fingerprint density at radius 3 is 1.35 bits per heavy atom. The van der Waals surface area contributed by atoms with E-state index in [1.54, 1.807) is 0 Å². The average Bonchev–Trinajstić information content (AvgIpc) is 3.31. The second-order valence-corrected chi connectivity index (χ2v) is 9.77. The molecule has 2 heterocycles. The van der Waals surface area contributed by atoms with Crippen LogP contribution < -0.4 is 5.01 Å². The first-order valence-corrected chi connectivity index (χ1v) is 12.8. The molecule has 2 aliphatic rings. The first kappa shape index (κ1) is 20.4. The molecule has 1 aliphatic carbocycles. The van der Waals surface area contributed by atoms with Crippen molar-refractivity contribution in [1.29, 1.82) is 0 Å². The molecule has 2 heteroatoms. The summed E-state index contributed by atoms with van der Waals surface area (Å²) in [6.45, 7) is 0.791. The predicted molar refractivity (Wildman–Crippen MR) is 156 cm³/mol. The van der Waals surface area contributed by atoms with Gasteiger partial charge in [-0.1, -0.05) is 115 Å². The van der Waals surface area contributed by atoms with Gasteiger partial charge in [0.1, 0.15) is 0 Å². The highest BCUT2D eigenvalue weighted by molar-refractivity contribution is 6.14. The molecule has 5 aromatic carbocycles. The summed E-state index contributed by atoms with van der Waals surface area (Å²) in [5.74, 6) is 0. The Kier molecular flexibility index (Phi) is 4.32. The largest absolute Gasteiger partial charge is 0.284 e. The van der Waals surface area contributed by atoms with Crippen LogP contribution in [0.4, 0.5) is 0 Å². The Bertz CT molecular complexity index is 1860. The molecule has 0 spiro atoms. The molecule has 0 radical (unpaired) electrons. The summed E-state index contributed by atoms with van der Waals surface area (Å²) in [7, 11) is 0. The van der Waals surface area contributed by atoms with Gasteiger partial charge in [-0.3, -0.25) is 9.69 Å². The van der Waals surface area contributed by atoms with Gasteiger partial charge in [0.2, 0.25) is 0 Å². The lowest BCUT2D eigenvalue weighted by atomic mass is 9.79. The topological polar surface area (TPSA) is 8.17 Å². The van der Waals surface area contributed by atoms with Crippen molar-refractivity contribution in [1.82, 2.24) is 4.68 Å². The van der Waals surface area contributed by atoms with E-state index in [0.29, 0.717) is 0 Å². The van der Waals surface area contributed by atoms with Crippen LogP contribution in [0.25, 0.3) is 55.2 Å². The van der Waals surface area contributed by atoms with Crippen LogP contribution in [0.15, 0.2) is 134 Å². The van der Waals surface area contributed by atoms with Crippen LogP contribution in [-0.2, 0) is 0 Å². The van der Waals surface area contributed by atoms with Gasteiger partial charge in [0.25, 0.3) is 0 Å². The van der Waals surface area contributed by atoms with E-state index in [1.165, 1.54) is 66.3 Å². The summed E-state index contributed by atoms with van der Waals surface area (Å²) < 4.78 is 2.38. The van der Waals surface area contributed by atoms with Crippen LogP contribution in [0.2, 0.25) is 0 Å². The molecular weight excluding hydrogens is 448 g/mol. The van der Waals surface area contributed by atoms with E-state index in [9.17, 15) is 0 Å². The van der Waals surface area contributed by atoms with Gasteiger partial charge < -0.3 is 0 Å². The van der Waals surface area contributed by atoms with Crippen LogP contribution in [0.3, 0.4) is 0 Å². The summed E-state index contributed by atoms with van der Waals surface area (Å²) in [6, 6.07) is 43.9. The standard InChI is InChI=1S/C35H24N2/c1-2-12-25-24(11-1)26-13-3-4-15-28(26)30-21-22-36(23-33(30)29-16-6-5-14-27(25)29)37-34-19-9-7-17-31(34)32-18-8-10-20-35(32)37/h1-21,23H,22H2. The fourth-order valence-corrected chi connectivity index (χ4v) is 6.21. The summed E-state index contributed by atoms with van der Waals surface area (Å²) in [5.41, 5.74) is 12.7. The minimum atomic E-state index is 0.791. The van der Waals surface area contributed by atoms with Gasteiger partial charge in [-0.05, 0) is 51.1 Å². The highest BCUT2D eigenvalue weighted by Crippen LogP contribution is 2.47. The molecule has 0 amide bonds. The smallest absolute Gasteiger partial charge is 0.0712 e. The summed E-state index contributed by atoms with van der Waals surface area (Å²) in [4.78, 5) is 0. The molecular formula is C35H24N2. The molecule has 0 saturated carbocycles. The van der Waals surface area contributed by atoms with Gasteiger partial charge in [0.05, 0.1) is 17.6 Å². The zero-order valence-electron chi connectivity index (χ0n) is 20.3. The first-order valence-electron chi connectivity index (χ1n) is 12.8. The third-order valence-electron chi connectivity index (χ3n) is 7.80.